The number of alkyl halides is 3. The minimum Gasteiger partial charge on any atom is -0.478 e. The number of para-hydroxylation sites is 1. The van der Waals surface area contributed by atoms with Crippen LogP contribution in [0.4, 0.5) is 18.9 Å². The van der Waals surface area contributed by atoms with Crippen molar-refractivity contribution >= 4 is 11.7 Å². The van der Waals surface area contributed by atoms with E-state index in [1.165, 1.54) is 19.0 Å². The molecular weight excluding hydrogens is 345 g/mol. The molecular formula is C19H25F3N2O2. The lowest BCUT2D eigenvalue weighted by Gasteiger charge is -2.16. The molecule has 0 saturated carbocycles. The van der Waals surface area contributed by atoms with Gasteiger partial charge >= 0.3 is 12.1 Å². The van der Waals surface area contributed by atoms with Crippen LogP contribution in [0.15, 0.2) is 36.7 Å². The minimum absolute atomic E-state index is 0.571. The predicted molar refractivity (Wildman–Crippen MR) is 96.1 cm³/mol. The lowest BCUT2D eigenvalue weighted by Crippen LogP contribution is -2.09. The Morgan fingerprint density at radius 1 is 1.19 bits per heavy atom. The van der Waals surface area contributed by atoms with E-state index in [0.717, 1.165) is 28.6 Å². The summed E-state index contributed by atoms with van der Waals surface area (Å²) in [6, 6.07) is 8.15. The quantitative estimate of drug-likeness (QED) is 0.731. The monoisotopic (exact) mass is 370 g/mol. The molecule has 2 aromatic rings. The Hall–Kier alpha value is -2.44. The SMILES string of the molecule is CC(C)CC(C)c1ccccc1N.Cn1cc(C(=O)O)c(C(F)(F)F)c1. The zero-order chi connectivity index (χ0) is 20.1. The highest BCUT2D eigenvalue weighted by Gasteiger charge is 2.36. The molecule has 0 amide bonds. The Kier molecular flexibility index (Phi) is 7.29. The molecule has 0 bridgehead atoms. The van der Waals surface area contributed by atoms with Crippen molar-refractivity contribution in [2.45, 2.75) is 39.3 Å². The fourth-order valence-electron chi connectivity index (χ4n) is 2.77. The first-order valence-electron chi connectivity index (χ1n) is 8.24. The third kappa shape index (κ3) is 6.13. The summed E-state index contributed by atoms with van der Waals surface area (Å²) in [5.74, 6) is -0.274. The molecule has 1 aromatic heterocycles. The number of carbonyl (C=O) groups is 1. The molecule has 1 unspecified atom stereocenters. The molecule has 1 aromatic carbocycles. The van der Waals surface area contributed by atoms with Gasteiger partial charge in [-0.15, -0.1) is 0 Å². The van der Waals surface area contributed by atoms with Crippen molar-refractivity contribution in [3.8, 4) is 0 Å². The van der Waals surface area contributed by atoms with Crippen molar-refractivity contribution in [3.05, 3.63) is 53.3 Å². The van der Waals surface area contributed by atoms with E-state index in [2.05, 4.69) is 32.9 Å². The van der Waals surface area contributed by atoms with Crippen LogP contribution in [0.5, 0.6) is 0 Å². The standard InChI is InChI=1S/C12H19N.C7H6F3NO2/c1-9(2)8-10(3)11-6-4-5-7-12(11)13;1-11-2-4(6(12)13)5(3-11)7(8,9)10/h4-7,9-10H,8,13H2,1-3H3;2-3H,1H3,(H,12,13). The Labute approximate surface area is 151 Å². The first kappa shape index (κ1) is 21.6. The number of benzene rings is 1. The van der Waals surface area contributed by atoms with Gasteiger partial charge in [-0.05, 0) is 29.9 Å². The van der Waals surface area contributed by atoms with Crippen LogP contribution < -0.4 is 5.73 Å². The zero-order valence-corrected chi connectivity index (χ0v) is 15.3. The van der Waals surface area contributed by atoms with E-state index in [9.17, 15) is 18.0 Å². The number of hydrogen-bond donors (Lipinski definition) is 2. The molecule has 0 spiro atoms. The summed E-state index contributed by atoms with van der Waals surface area (Å²) < 4.78 is 37.5. The Morgan fingerprint density at radius 3 is 2.19 bits per heavy atom. The number of rotatable bonds is 4. The number of carboxylic acid groups (broad SMARTS) is 1. The molecule has 26 heavy (non-hydrogen) atoms. The van der Waals surface area contributed by atoms with Gasteiger partial charge in [-0.2, -0.15) is 13.2 Å². The fraction of sp³-hybridized carbons (Fsp3) is 0.421. The second-order valence-corrected chi connectivity index (χ2v) is 6.71. The number of halogens is 3. The average Bonchev–Trinajstić information content (AvgIpc) is 2.90. The van der Waals surface area contributed by atoms with Crippen LogP contribution in [0.1, 0.15) is 54.6 Å². The highest BCUT2D eigenvalue weighted by Crippen LogP contribution is 2.32. The van der Waals surface area contributed by atoms with Crippen molar-refractivity contribution in [3.63, 3.8) is 0 Å². The number of anilines is 1. The lowest BCUT2D eigenvalue weighted by molar-refractivity contribution is -0.138. The lowest BCUT2D eigenvalue weighted by atomic mass is 9.91. The van der Waals surface area contributed by atoms with E-state index in [4.69, 9.17) is 10.8 Å². The van der Waals surface area contributed by atoms with Gasteiger partial charge in [0.25, 0.3) is 0 Å². The zero-order valence-electron chi connectivity index (χ0n) is 15.3. The van der Waals surface area contributed by atoms with Gasteiger partial charge in [0.2, 0.25) is 0 Å². The molecule has 0 aliphatic heterocycles. The first-order valence-corrected chi connectivity index (χ1v) is 8.24. The van der Waals surface area contributed by atoms with Crippen molar-refractivity contribution in [1.29, 1.82) is 0 Å². The number of hydrogen-bond acceptors (Lipinski definition) is 2. The summed E-state index contributed by atoms with van der Waals surface area (Å²) >= 11 is 0. The van der Waals surface area contributed by atoms with Gasteiger partial charge in [0, 0.05) is 25.1 Å². The molecule has 0 radical (unpaired) electrons. The normalized spacial score (nSPS) is 12.5. The van der Waals surface area contributed by atoms with Gasteiger partial charge in [-0.25, -0.2) is 4.79 Å². The van der Waals surface area contributed by atoms with Crippen LogP contribution in [-0.2, 0) is 13.2 Å². The smallest absolute Gasteiger partial charge is 0.418 e. The van der Waals surface area contributed by atoms with Crippen LogP contribution in [0.2, 0.25) is 0 Å². The Balaban J connectivity index is 0.000000260. The number of carboxylic acids is 1. The third-order valence-corrected chi connectivity index (χ3v) is 3.84. The second-order valence-electron chi connectivity index (χ2n) is 6.71. The Morgan fingerprint density at radius 2 is 1.77 bits per heavy atom. The summed E-state index contributed by atoms with van der Waals surface area (Å²) in [5, 5.41) is 8.43. The number of aryl methyl sites for hydroxylation is 1. The number of nitrogens with zero attached hydrogens (tertiary/aromatic N) is 1. The van der Waals surface area contributed by atoms with Crippen LogP contribution in [-0.4, -0.2) is 15.6 Å². The number of aromatic nitrogens is 1. The fourth-order valence-corrected chi connectivity index (χ4v) is 2.77. The molecule has 3 N–H and O–H groups in total. The molecule has 7 heteroatoms. The predicted octanol–water partition coefficient (Wildman–Crippen LogP) is 5.16. The third-order valence-electron chi connectivity index (χ3n) is 3.84. The largest absolute Gasteiger partial charge is 0.478 e. The van der Waals surface area contributed by atoms with Crippen LogP contribution in [0.3, 0.4) is 0 Å². The van der Waals surface area contributed by atoms with Gasteiger partial charge in [0.1, 0.15) is 0 Å². The summed E-state index contributed by atoms with van der Waals surface area (Å²) in [6.07, 6.45) is -1.75. The highest BCUT2D eigenvalue weighted by molar-refractivity contribution is 5.89. The van der Waals surface area contributed by atoms with Gasteiger partial charge in [-0.1, -0.05) is 39.0 Å². The number of nitrogens with two attached hydrogens (primary N) is 1. The summed E-state index contributed by atoms with van der Waals surface area (Å²) in [5.41, 5.74) is 6.26. The maximum absolute atomic E-state index is 12.1. The van der Waals surface area contributed by atoms with Crippen molar-refractivity contribution in [2.75, 3.05) is 5.73 Å². The maximum atomic E-state index is 12.1. The van der Waals surface area contributed by atoms with Gasteiger partial charge in [0.05, 0.1) is 11.1 Å². The molecule has 0 aliphatic rings. The maximum Gasteiger partial charge on any atom is 0.418 e. The molecule has 4 nitrogen and oxygen atoms in total. The Bertz CT molecular complexity index is 737. The van der Waals surface area contributed by atoms with E-state index in [0.29, 0.717) is 5.92 Å². The molecule has 144 valence electrons. The highest BCUT2D eigenvalue weighted by atomic mass is 19.4. The summed E-state index contributed by atoms with van der Waals surface area (Å²) in [6.45, 7) is 6.73. The number of nitrogen functional groups attached to an aromatic ring is 1. The molecule has 0 fully saturated rings. The van der Waals surface area contributed by atoms with Crippen LogP contribution >= 0.6 is 0 Å². The first-order chi connectivity index (χ1) is 11.9. The van der Waals surface area contributed by atoms with Gasteiger partial charge < -0.3 is 15.4 Å². The van der Waals surface area contributed by atoms with Crippen molar-refractivity contribution in [2.24, 2.45) is 13.0 Å². The number of aromatic carboxylic acids is 1. The van der Waals surface area contributed by atoms with Crippen LogP contribution in [0, 0.1) is 5.92 Å². The molecule has 2 rings (SSSR count). The van der Waals surface area contributed by atoms with Gasteiger partial charge in [-0.3, -0.25) is 0 Å². The van der Waals surface area contributed by atoms with Crippen molar-refractivity contribution in [1.82, 2.24) is 4.57 Å². The summed E-state index contributed by atoms with van der Waals surface area (Å²) in [4.78, 5) is 10.4. The van der Waals surface area contributed by atoms with E-state index in [1.807, 2.05) is 12.1 Å². The molecule has 0 aliphatic carbocycles. The second kappa shape index (κ2) is 8.78. The van der Waals surface area contributed by atoms with E-state index >= 15 is 0 Å². The van der Waals surface area contributed by atoms with E-state index in [-0.39, 0.29) is 0 Å². The topological polar surface area (TPSA) is 68.2 Å². The van der Waals surface area contributed by atoms with E-state index < -0.39 is 23.3 Å². The summed E-state index contributed by atoms with van der Waals surface area (Å²) in [7, 11) is 1.34. The molecule has 1 heterocycles. The van der Waals surface area contributed by atoms with E-state index in [1.54, 1.807) is 0 Å². The van der Waals surface area contributed by atoms with Crippen molar-refractivity contribution < 1.29 is 23.1 Å². The molecule has 0 saturated heterocycles. The molecule has 1 atom stereocenters. The minimum atomic E-state index is -4.62. The van der Waals surface area contributed by atoms with Gasteiger partial charge in [0.15, 0.2) is 0 Å². The van der Waals surface area contributed by atoms with Crippen LogP contribution in [0.25, 0.3) is 0 Å². The average molecular weight is 370 g/mol.